The SMILES string of the molecule is Cc1cnc(C(=O)NC2CCCCCC=CC3CC3(C(=O)NS(=O)(=O)C3CC3)NC(=O)C3CC(Oc4nc5ccccc5c5ccccc45)CN3C2=O)cn1.O.O. The molecule has 2 saturated carbocycles. The van der Waals surface area contributed by atoms with Gasteiger partial charge >= 0.3 is 0 Å². The van der Waals surface area contributed by atoms with Crippen LogP contribution in [0, 0.1) is 12.8 Å². The van der Waals surface area contributed by atoms with Crippen molar-refractivity contribution in [3.05, 3.63) is 84.5 Å². The Hall–Kier alpha value is -5.52. The van der Waals surface area contributed by atoms with Gasteiger partial charge < -0.3 is 31.2 Å². The number of hydrogen-bond donors (Lipinski definition) is 3. The maximum Gasteiger partial charge on any atom is 0.272 e. The molecule has 2 aromatic heterocycles. The minimum atomic E-state index is -3.89. The van der Waals surface area contributed by atoms with E-state index in [1.54, 1.807) is 6.92 Å². The molecular formula is C40H47N7O9S. The highest BCUT2D eigenvalue weighted by Crippen LogP contribution is 2.46. The lowest BCUT2D eigenvalue weighted by molar-refractivity contribution is -0.141. The quantitative estimate of drug-likeness (QED) is 0.181. The molecule has 5 atom stereocenters. The van der Waals surface area contributed by atoms with Crippen LogP contribution in [0.1, 0.15) is 74.0 Å². The van der Waals surface area contributed by atoms with Crippen molar-refractivity contribution in [1.82, 2.24) is 35.2 Å². The second-order valence-electron chi connectivity index (χ2n) is 15.0. The standard InChI is InChI=1S/C40H43N7O7S.2H2O/c1-24-21-42-33(22-41-24)35(48)43-32-16-6-4-2-3-5-11-25-20-40(25,39(51)46-55(52,53)27-17-18-27)45-36(49)34-19-26(23-47(34)38(32)50)54-37-30-14-8-7-12-28(30)29-13-9-10-15-31(29)44-37;;/h5,7-15,21-22,25-27,32,34H,2-4,6,16-20,23H2,1H3,(H,43,48)(H,45,49)(H,46,51);2*1H2. The molecule has 5 unspecified atom stereocenters. The highest BCUT2D eigenvalue weighted by Gasteiger charge is 2.62. The Morgan fingerprint density at radius 1 is 0.930 bits per heavy atom. The second-order valence-corrected chi connectivity index (χ2v) is 17.0. The molecule has 7 N–H and O–H groups in total. The lowest BCUT2D eigenvalue weighted by Crippen LogP contribution is -2.58. The number of nitrogens with zero attached hydrogens (tertiary/aromatic N) is 4. The van der Waals surface area contributed by atoms with Crippen LogP contribution in [0.15, 0.2) is 73.1 Å². The summed E-state index contributed by atoms with van der Waals surface area (Å²) in [4.78, 5) is 70.9. The number of aromatic nitrogens is 3. The molecule has 8 rings (SSSR count). The van der Waals surface area contributed by atoms with E-state index in [4.69, 9.17) is 9.72 Å². The van der Waals surface area contributed by atoms with E-state index in [2.05, 4.69) is 25.3 Å². The van der Waals surface area contributed by atoms with Gasteiger partial charge in [0.1, 0.15) is 29.4 Å². The Labute approximate surface area is 329 Å². The zero-order valence-electron chi connectivity index (χ0n) is 31.4. The molecule has 4 aliphatic rings. The molecule has 0 spiro atoms. The molecule has 2 aliphatic heterocycles. The minimum absolute atomic E-state index is 0. The largest absolute Gasteiger partial charge is 0.472 e. The van der Waals surface area contributed by atoms with Gasteiger partial charge in [-0.15, -0.1) is 0 Å². The average Bonchev–Trinajstić information content (AvgIpc) is 4.11. The van der Waals surface area contributed by atoms with Crippen molar-refractivity contribution in [2.24, 2.45) is 5.92 Å². The van der Waals surface area contributed by atoms with Crippen LogP contribution in [-0.2, 0) is 24.4 Å². The third-order valence-corrected chi connectivity index (χ3v) is 12.8. The number of aryl methyl sites for hydroxylation is 1. The van der Waals surface area contributed by atoms with Gasteiger partial charge in [0.2, 0.25) is 27.7 Å². The summed E-state index contributed by atoms with van der Waals surface area (Å²) >= 11 is 0. The topological polar surface area (TPSA) is 253 Å². The number of nitrogens with one attached hydrogen (secondary N) is 3. The van der Waals surface area contributed by atoms with Crippen molar-refractivity contribution in [3.8, 4) is 5.88 Å². The fourth-order valence-electron chi connectivity index (χ4n) is 7.71. The lowest BCUT2D eigenvalue weighted by atomic mass is 10.0. The van der Waals surface area contributed by atoms with Crippen LogP contribution in [-0.4, -0.2) is 98.4 Å². The van der Waals surface area contributed by atoms with E-state index in [9.17, 15) is 27.6 Å². The molecule has 16 nitrogen and oxygen atoms in total. The van der Waals surface area contributed by atoms with Crippen LogP contribution in [0.3, 0.4) is 0 Å². The minimum Gasteiger partial charge on any atom is -0.472 e. The third kappa shape index (κ3) is 8.45. The van der Waals surface area contributed by atoms with Crippen LogP contribution in [0.4, 0.5) is 0 Å². The zero-order chi connectivity index (χ0) is 38.3. The number of sulfonamides is 1. The summed E-state index contributed by atoms with van der Waals surface area (Å²) in [6.07, 6.45) is 10.4. The fourth-order valence-corrected chi connectivity index (χ4v) is 9.07. The number of allylic oxidation sites excluding steroid dienone is 1. The van der Waals surface area contributed by atoms with Gasteiger partial charge in [0.05, 0.1) is 29.2 Å². The van der Waals surface area contributed by atoms with Crippen molar-refractivity contribution in [2.45, 2.75) is 93.7 Å². The first-order chi connectivity index (χ1) is 26.5. The summed E-state index contributed by atoms with van der Waals surface area (Å²) in [7, 11) is -3.89. The number of benzene rings is 2. The van der Waals surface area contributed by atoms with Gasteiger partial charge in [-0.05, 0) is 63.0 Å². The zero-order valence-corrected chi connectivity index (χ0v) is 32.3. The Morgan fingerprint density at radius 3 is 2.40 bits per heavy atom. The van der Waals surface area contributed by atoms with Crippen LogP contribution >= 0.6 is 0 Å². The second kappa shape index (κ2) is 16.5. The number of carbonyl (C=O) groups excluding carboxylic acids is 4. The van der Waals surface area contributed by atoms with Crippen molar-refractivity contribution in [1.29, 1.82) is 0 Å². The van der Waals surface area contributed by atoms with Crippen LogP contribution in [0.2, 0.25) is 0 Å². The monoisotopic (exact) mass is 801 g/mol. The molecule has 2 aromatic carbocycles. The van der Waals surface area contributed by atoms with Gasteiger partial charge in [0.25, 0.3) is 11.8 Å². The summed E-state index contributed by atoms with van der Waals surface area (Å²) in [5.74, 6) is -2.52. The van der Waals surface area contributed by atoms with Crippen molar-refractivity contribution < 1.29 is 43.3 Å². The smallest absolute Gasteiger partial charge is 0.272 e. The third-order valence-electron chi connectivity index (χ3n) is 11.0. The normalized spacial score (nSPS) is 25.0. The fraction of sp³-hybridized carbons (Fsp3) is 0.425. The lowest BCUT2D eigenvalue weighted by Gasteiger charge is -2.29. The molecular weight excluding hydrogens is 755 g/mol. The van der Waals surface area contributed by atoms with E-state index in [1.165, 1.54) is 17.3 Å². The molecule has 57 heavy (non-hydrogen) atoms. The number of para-hydroxylation sites is 1. The molecule has 4 aromatic rings. The maximum absolute atomic E-state index is 14.6. The van der Waals surface area contributed by atoms with E-state index in [-0.39, 0.29) is 36.0 Å². The molecule has 17 heteroatoms. The first-order valence-electron chi connectivity index (χ1n) is 18.9. The summed E-state index contributed by atoms with van der Waals surface area (Å²) in [6, 6.07) is 13.3. The Morgan fingerprint density at radius 2 is 1.67 bits per heavy atom. The van der Waals surface area contributed by atoms with Crippen molar-refractivity contribution in [3.63, 3.8) is 0 Å². The van der Waals surface area contributed by atoms with Gasteiger partial charge in [0, 0.05) is 29.3 Å². The average molecular weight is 802 g/mol. The number of amides is 4. The number of carbonyl (C=O) groups is 4. The summed E-state index contributed by atoms with van der Waals surface area (Å²) < 4.78 is 34.6. The maximum atomic E-state index is 14.6. The molecule has 2 aliphatic carbocycles. The molecule has 4 amide bonds. The van der Waals surface area contributed by atoms with Gasteiger partial charge in [-0.1, -0.05) is 61.4 Å². The van der Waals surface area contributed by atoms with Crippen molar-refractivity contribution in [2.75, 3.05) is 6.54 Å². The van der Waals surface area contributed by atoms with Crippen LogP contribution in [0.5, 0.6) is 5.88 Å². The van der Waals surface area contributed by atoms with Crippen molar-refractivity contribution >= 4 is 55.3 Å². The predicted octanol–water partition coefficient (Wildman–Crippen LogP) is 1.99. The summed E-state index contributed by atoms with van der Waals surface area (Å²) in [5.41, 5.74) is -0.0889. The Bertz CT molecular complexity index is 2320. The van der Waals surface area contributed by atoms with E-state index in [1.807, 2.05) is 60.7 Å². The van der Waals surface area contributed by atoms with E-state index in [0.29, 0.717) is 43.7 Å². The molecule has 0 bridgehead atoms. The number of ether oxygens (including phenoxy) is 1. The number of fused-ring (bicyclic) bond motifs is 5. The summed E-state index contributed by atoms with van der Waals surface area (Å²) in [5, 5.41) is 7.79. The first-order valence-corrected chi connectivity index (χ1v) is 20.5. The highest BCUT2D eigenvalue weighted by molar-refractivity contribution is 7.91. The molecule has 0 radical (unpaired) electrons. The van der Waals surface area contributed by atoms with E-state index < -0.39 is 68.5 Å². The number of rotatable bonds is 7. The molecule has 302 valence electrons. The van der Waals surface area contributed by atoms with Gasteiger partial charge in [0.15, 0.2) is 0 Å². The highest BCUT2D eigenvalue weighted by atomic mass is 32.2. The van der Waals surface area contributed by atoms with Crippen LogP contribution in [0.25, 0.3) is 21.7 Å². The first kappa shape index (κ1) is 41.1. The Balaban J connectivity index is 0.00000275. The molecule has 3 fully saturated rings. The van der Waals surface area contributed by atoms with E-state index >= 15 is 0 Å². The molecule has 4 heterocycles. The molecule has 1 saturated heterocycles. The van der Waals surface area contributed by atoms with E-state index in [0.717, 1.165) is 34.5 Å². The number of hydrogen-bond acceptors (Lipinski definition) is 10. The predicted molar refractivity (Wildman–Crippen MR) is 210 cm³/mol. The number of pyridine rings is 1. The van der Waals surface area contributed by atoms with Gasteiger partial charge in [-0.25, -0.2) is 18.4 Å². The van der Waals surface area contributed by atoms with Gasteiger partial charge in [-0.2, -0.15) is 0 Å². The Kier molecular flexibility index (Phi) is 11.9. The van der Waals surface area contributed by atoms with Gasteiger partial charge in [-0.3, -0.25) is 28.9 Å². The van der Waals surface area contributed by atoms with Crippen LogP contribution < -0.4 is 20.1 Å². The summed E-state index contributed by atoms with van der Waals surface area (Å²) in [6.45, 7) is 1.75.